The van der Waals surface area contributed by atoms with Crippen LogP contribution in [0, 0.1) is 0 Å². The highest BCUT2D eigenvalue weighted by atomic mass is 19.4. The van der Waals surface area contributed by atoms with E-state index >= 15 is 0 Å². The number of hydrogen-bond acceptors (Lipinski definition) is 5. The second-order valence-corrected chi connectivity index (χ2v) is 4.80. The third-order valence-corrected chi connectivity index (χ3v) is 3.40. The van der Waals surface area contributed by atoms with Gasteiger partial charge < -0.3 is 10.4 Å². The summed E-state index contributed by atoms with van der Waals surface area (Å²) in [5.74, 6) is -0.0207. The standard InChI is InChI=1S/C15H11F3N4O/c1-19-14-11-7-20-5-4-9(11)13(21-22-14)10-3-2-8(6-12(10)23)15(16,17)18/h2-7,23H,1H3,(H,19,22). The predicted octanol–water partition coefficient (Wildman–Crippen LogP) is 3.46. The molecule has 2 aromatic heterocycles. The summed E-state index contributed by atoms with van der Waals surface area (Å²) in [6.45, 7) is 0. The molecule has 0 spiro atoms. The molecule has 8 heteroatoms. The van der Waals surface area contributed by atoms with Crippen LogP contribution >= 0.6 is 0 Å². The van der Waals surface area contributed by atoms with Gasteiger partial charge in [0.1, 0.15) is 11.4 Å². The first-order valence-electron chi connectivity index (χ1n) is 6.60. The number of phenolic OH excluding ortho intramolecular Hbond substituents is 1. The summed E-state index contributed by atoms with van der Waals surface area (Å²) in [6, 6.07) is 4.42. The second kappa shape index (κ2) is 5.38. The molecule has 0 aliphatic carbocycles. The average molecular weight is 320 g/mol. The van der Waals surface area contributed by atoms with E-state index in [0.29, 0.717) is 22.7 Å². The van der Waals surface area contributed by atoms with Gasteiger partial charge in [0.2, 0.25) is 0 Å². The number of fused-ring (bicyclic) bond motifs is 1. The molecule has 0 aliphatic rings. The molecule has 23 heavy (non-hydrogen) atoms. The molecular formula is C15H11F3N4O. The maximum atomic E-state index is 12.7. The number of nitrogens with one attached hydrogen (secondary N) is 1. The monoisotopic (exact) mass is 320 g/mol. The van der Waals surface area contributed by atoms with Crippen molar-refractivity contribution < 1.29 is 18.3 Å². The highest BCUT2D eigenvalue weighted by Crippen LogP contribution is 2.38. The molecule has 0 amide bonds. The summed E-state index contributed by atoms with van der Waals surface area (Å²) in [7, 11) is 1.67. The van der Waals surface area contributed by atoms with Crippen LogP contribution in [-0.4, -0.2) is 27.3 Å². The minimum absolute atomic E-state index is 0.171. The Hall–Kier alpha value is -2.90. The Morgan fingerprint density at radius 2 is 1.87 bits per heavy atom. The van der Waals surface area contributed by atoms with Gasteiger partial charge in [-0.3, -0.25) is 4.98 Å². The van der Waals surface area contributed by atoms with Crippen LogP contribution in [0.5, 0.6) is 5.75 Å². The van der Waals surface area contributed by atoms with E-state index in [-0.39, 0.29) is 11.3 Å². The van der Waals surface area contributed by atoms with Crippen molar-refractivity contribution in [2.24, 2.45) is 0 Å². The normalized spacial score (nSPS) is 11.7. The highest BCUT2D eigenvalue weighted by Gasteiger charge is 2.31. The molecule has 0 fully saturated rings. The lowest BCUT2D eigenvalue weighted by molar-refractivity contribution is -0.137. The second-order valence-electron chi connectivity index (χ2n) is 4.80. The van der Waals surface area contributed by atoms with Crippen LogP contribution in [0.3, 0.4) is 0 Å². The molecule has 0 unspecified atom stereocenters. The van der Waals surface area contributed by atoms with Gasteiger partial charge in [0.15, 0.2) is 5.82 Å². The van der Waals surface area contributed by atoms with E-state index in [9.17, 15) is 18.3 Å². The lowest BCUT2D eigenvalue weighted by Gasteiger charge is -2.12. The Labute approximate surface area is 128 Å². The van der Waals surface area contributed by atoms with Gasteiger partial charge in [-0.2, -0.15) is 13.2 Å². The number of phenols is 1. The zero-order valence-electron chi connectivity index (χ0n) is 11.9. The molecule has 3 aromatic rings. The minimum Gasteiger partial charge on any atom is -0.507 e. The van der Waals surface area contributed by atoms with Gasteiger partial charge in [0, 0.05) is 35.8 Å². The fourth-order valence-electron chi connectivity index (χ4n) is 2.29. The van der Waals surface area contributed by atoms with Gasteiger partial charge in [-0.15, -0.1) is 10.2 Å². The Morgan fingerprint density at radius 3 is 2.52 bits per heavy atom. The first-order valence-corrected chi connectivity index (χ1v) is 6.60. The van der Waals surface area contributed by atoms with Crippen LogP contribution in [0.25, 0.3) is 22.0 Å². The first-order chi connectivity index (χ1) is 10.9. The molecule has 0 aliphatic heterocycles. The van der Waals surface area contributed by atoms with Crippen molar-refractivity contribution in [1.29, 1.82) is 0 Å². The topological polar surface area (TPSA) is 70.9 Å². The van der Waals surface area contributed by atoms with Crippen LogP contribution < -0.4 is 5.32 Å². The first kappa shape index (κ1) is 15.0. The number of nitrogens with zero attached hydrogens (tertiary/aromatic N) is 3. The lowest BCUT2D eigenvalue weighted by Crippen LogP contribution is -2.04. The zero-order chi connectivity index (χ0) is 16.6. The third-order valence-electron chi connectivity index (χ3n) is 3.40. The summed E-state index contributed by atoms with van der Waals surface area (Å²) in [6.07, 6.45) is -1.42. The van der Waals surface area contributed by atoms with Crippen LogP contribution in [-0.2, 0) is 6.18 Å². The number of pyridine rings is 1. The molecule has 5 nitrogen and oxygen atoms in total. The Bertz CT molecular complexity index is 880. The highest BCUT2D eigenvalue weighted by molar-refractivity contribution is 6.00. The zero-order valence-corrected chi connectivity index (χ0v) is 11.9. The summed E-state index contributed by atoms with van der Waals surface area (Å²) < 4.78 is 38.1. The maximum absolute atomic E-state index is 12.7. The van der Waals surface area contributed by atoms with E-state index < -0.39 is 17.5 Å². The summed E-state index contributed by atoms with van der Waals surface area (Å²) in [5, 5.41) is 22.1. The van der Waals surface area contributed by atoms with Crippen molar-refractivity contribution in [3.63, 3.8) is 0 Å². The van der Waals surface area contributed by atoms with E-state index in [4.69, 9.17) is 0 Å². The molecule has 2 N–H and O–H groups in total. The van der Waals surface area contributed by atoms with Crippen molar-refractivity contribution >= 4 is 16.6 Å². The molecule has 0 bridgehead atoms. The average Bonchev–Trinajstić information content (AvgIpc) is 2.53. The Kier molecular flexibility index (Phi) is 3.51. The van der Waals surface area contributed by atoms with Crippen LogP contribution in [0.1, 0.15) is 5.56 Å². The van der Waals surface area contributed by atoms with Gasteiger partial charge in [-0.1, -0.05) is 0 Å². The summed E-state index contributed by atoms with van der Waals surface area (Å²) in [5.41, 5.74) is -0.471. The van der Waals surface area contributed by atoms with E-state index in [2.05, 4.69) is 20.5 Å². The lowest BCUT2D eigenvalue weighted by atomic mass is 10.0. The molecule has 0 saturated heterocycles. The van der Waals surface area contributed by atoms with Crippen LogP contribution in [0.2, 0.25) is 0 Å². The van der Waals surface area contributed by atoms with E-state index in [1.54, 1.807) is 19.3 Å². The van der Waals surface area contributed by atoms with Gasteiger partial charge in [0.05, 0.1) is 5.56 Å². The van der Waals surface area contributed by atoms with Gasteiger partial charge in [-0.25, -0.2) is 0 Å². The summed E-state index contributed by atoms with van der Waals surface area (Å²) in [4.78, 5) is 4.01. The van der Waals surface area contributed by atoms with Crippen molar-refractivity contribution in [3.8, 4) is 17.0 Å². The predicted molar refractivity (Wildman–Crippen MR) is 79.0 cm³/mol. The molecule has 118 valence electrons. The maximum Gasteiger partial charge on any atom is 0.416 e. The number of alkyl halides is 3. The molecule has 0 atom stereocenters. The van der Waals surface area contributed by atoms with Gasteiger partial charge in [-0.05, 0) is 24.3 Å². The number of aromatic nitrogens is 3. The molecule has 3 rings (SSSR count). The SMILES string of the molecule is CNc1nnc(-c2ccc(C(F)(F)F)cc2O)c2ccncc12. The van der Waals surface area contributed by atoms with Gasteiger partial charge in [0.25, 0.3) is 0 Å². The quantitative estimate of drug-likeness (QED) is 0.757. The third kappa shape index (κ3) is 2.63. The molecule has 0 saturated carbocycles. The number of aromatic hydroxyl groups is 1. The van der Waals surface area contributed by atoms with Crippen molar-refractivity contribution in [2.75, 3.05) is 12.4 Å². The smallest absolute Gasteiger partial charge is 0.416 e. The molecule has 2 heterocycles. The Morgan fingerprint density at radius 1 is 1.09 bits per heavy atom. The van der Waals surface area contributed by atoms with Crippen molar-refractivity contribution in [2.45, 2.75) is 6.18 Å². The number of halogens is 3. The van der Waals surface area contributed by atoms with Crippen molar-refractivity contribution in [1.82, 2.24) is 15.2 Å². The molecule has 1 aromatic carbocycles. The van der Waals surface area contributed by atoms with Crippen molar-refractivity contribution in [3.05, 3.63) is 42.2 Å². The molecular weight excluding hydrogens is 309 g/mol. The molecule has 0 radical (unpaired) electrons. The number of rotatable bonds is 2. The number of hydrogen-bond donors (Lipinski definition) is 2. The Balaban J connectivity index is 2.22. The fourth-order valence-corrected chi connectivity index (χ4v) is 2.29. The van der Waals surface area contributed by atoms with Gasteiger partial charge >= 0.3 is 6.18 Å². The van der Waals surface area contributed by atoms with Crippen LogP contribution in [0.4, 0.5) is 19.0 Å². The van der Waals surface area contributed by atoms with E-state index in [1.165, 1.54) is 12.3 Å². The minimum atomic E-state index is -4.52. The van der Waals surface area contributed by atoms with E-state index in [0.717, 1.165) is 6.07 Å². The fraction of sp³-hybridized carbons (Fsp3) is 0.133. The number of benzene rings is 1. The number of anilines is 1. The summed E-state index contributed by atoms with van der Waals surface area (Å²) >= 11 is 0. The van der Waals surface area contributed by atoms with E-state index in [1.807, 2.05) is 0 Å². The largest absolute Gasteiger partial charge is 0.507 e. The van der Waals surface area contributed by atoms with Crippen LogP contribution in [0.15, 0.2) is 36.7 Å².